The maximum absolute atomic E-state index is 12.3. The van der Waals surface area contributed by atoms with Crippen LogP contribution >= 0.6 is 0 Å². The number of imidazole rings is 1. The molecule has 3 heterocycles. The van der Waals surface area contributed by atoms with Gasteiger partial charge in [-0.3, -0.25) is 19.8 Å². The molecule has 0 bridgehead atoms. The highest BCUT2D eigenvalue weighted by molar-refractivity contribution is 5.99. The monoisotopic (exact) mass is 661 g/mol. The van der Waals surface area contributed by atoms with Crippen molar-refractivity contribution in [3.63, 3.8) is 0 Å². The summed E-state index contributed by atoms with van der Waals surface area (Å²) in [6, 6.07) is 6.36. The largest absolute Gasteiger partial charge is 0.494 e. The number of rotatable bonds is 16. The van der Waals surface area contributed by atoms with E-state index in [0.29, 0.717) is 83.3 Å². The zero-order valence-corrected chi connectivity index (χ0v) is 27.5. The summed E-state index contributed by atoms with van der Waals surface area (Å²) in [4.78, 5) is 35.6. The van der Waals surface area contributed by atoms with Crippen molar-refractivity contribution in [2.45, 2.75) is 33.2 Å². The molecule has 15 nitrogen and oxygen atoms in total. The minimum absolute atomic E-state index is 0.254. The fourth-order valence-corrected chi connectivity index (χ4v) is 5.51. The Kier molecular flexibility index (Phi) is 11.0. The fraction of sp³-hybridized carbons (Fsp3) is 0.394. The van der Waals surface area contributed by atoms with E-state index < -0.39 is 11.8 Å². The quantitative estimate of drug-likeness (QED) is 0.0666. The van der Waals surface area contributed by atoms with Gasteiger partial charge in [0.05, 0.1) is 38.1 Å². The van der Waals surface area contributed by atoms with Gasteiger partial charge in [0.2, 0.25) is 23.6 Å². The molecule has 8 N–H and O–H groups in total. The summed E-state index contributed by atoms with van der Waals surface area (Å²) in [5, 5.41) is 6.54. The third-order valence-electron chi connectivity index (χ3n) is 7.92. The number of nitrogens with two attached hydrogens (primary N) is 3. The number of nitrogen functional groups attached to an aromatic ring is 1. The number of morpholine rings is 1. The predicted octanol–water partition coefficient (Wildman–Crippen LogP) is 3.20. The summed E-state index contributed by atoms with van der Waals surface area (Å²) in [7, 11) is 1.49. The minimum Gasteiger partial charge on any atom is -0.494 e. The van der Waals surface area contributed by atoms with Crippen molar-refractivity contribution in [1.82, 2.24) is 19.4 Å². The van der Waals surface area contributed by atoms with Crippen LogP contribution in [0.1, 0.15) is 45.6 Å². The lowest BCUT2D eigenvalue weighted by molar-refractivity contribution is 0.0358. The molecule has 4 aromatic rings. The number of aryl methyl sites for hydroxylation is 2. The van der Waals surface area contributed by atoms with Crippen molar-refractivity contribution in [3.05, 3.63) is 59.1 Å². The molecule has 0 radical (unpaired) electrons. The zero-order valence-electron chi connectivity index (χ0n) is 27.5. The van der Waals surface area contributed by atoms with Crippen LogP contribution in [0.4, 0.5) is 23.2 Å². The molecule has 0 atom stereocenters. The van der Waals surface area contributed by atoms with E-state index >= 15 is 0 Å². The van der Waals surface area contributed by atoms with Gasteiger partial charge >= 0.3 is 0 Å². The van der Waals surface area contributed by atoms with Crippen molar-refractivity contribution in [2.75, 3.05) is 69.5 Å². The number of allylic oxidation sites excluding steroid dienone is 1. The minimum atomic E-state index is -0.599. The van der Waals surface area contributed by atoms with Crippen molar-refractivity contribution >= 4 is 46.1 Å². The van der Waals surface area contributed by atoms with Crippen molar-refractivity contribution in [1.29, 1.82) is 0 Å². The van der Waals surface area contributed by atoms with Crippen molar-refractivity contribution in [3.8, 4) is 11.5 Å². The van der Waals surface area contributed by atoms with Crippen LogP contribution in [0.3, 0.4) is 0 Å². The number of hydrogen-bond donors (Lipinski definition) is 5. The number of carbonyl (C=O) groups excluding carboxylic acids is 2. The standard InChI is InChI=1S/C33H43N9O6/c1-4-24-32(48-20(2)38-24)40-33-39-25-17-22(31(36)44)19-27(47-13-7-9-41-11-14-46-15-12-41)29(25)42(33)10-6-5-8-37-28-23(34)16-21(30(35)43)18-26(28)45-3/h5-6,16-19,37H,4,7-15,34H2,1-3H3,(H2,35,43)(H2,36,44)(H,39,40)/b6-5+. The Labute approximate surface area is 278 Å². The van der Waals surface area contributed by atoms with Crippen LogP contribution in [0.2, 0.25) is 0 Å². The van der Waals surface area contributed by atoms with Crippen molar-refractivity contribution in [2.24, 2.45) is 11.5 Å². The van der Waals surface area contributed by atoms with Crippen LogP contribution in [0.15, 0.2) is 40.8 Å². The molecule has 1 saturated heterocycles. The molecule has 2 aromatic carbocycles. The van der Waals surface area contributed by atoms with Gasteiger partial charge < -0.3 is 45.7 Å². The van der Waals surface area contributed by atoms with E-state index in [4.69, 9.17) is 40.8 Å². The number of hydrogen-bond acceptors (Lipinski definition) is 12. The van der Waals surface area contributed by atoms with Gasteiger partial charge in [-0.2, -0.15) is 0 Å². The van der Waals surface area contributed by atoms with Gasteiger partial charge in [-0.05, 0) is 37.1 Å². The highest BCUT2D eigenvalue weighted by Gasteiger charge is 2.21. The second-order valence-corrected chi connectivity index (χ2v) is 11.3. The first-order valence-corrected chi connectivity index (χ1v) is 15.8. The van der Waals surface area contributed by atoms with E-state index in [0.717, 1.165) is 45.0 Å². The normalized spacial score (nSPS) is 13.6. The lowest BCUT2D eigenvalue weighted by atomic mass is 10.1. The van der Waals surface area contributed by atoms with Crippen LogP contribution < -0.4 is 37.3 Å². The SMILES string of the molecule is CCc1nc(C)oc1Nc1nc2cc(C(N)=O)cc(OCCCN3CCOCC3)c2n1C/C=C/CNc1c(N)cc(C(N)=O)cc1OC. The van der Waals surface area contributed by atoms with E-state index in [2.05, 4.69) is 20.5 Å². The summed E-state index contributed by atoms with van der Waals surface area (Å²) >= 11 is 0. The van der Waals surface area contributed by atoms with Crippen LogP contribution in [0.5, 0.6) is 11.5 Å². The number of oxazole rings is 1. The summed E-state index contributed by atoms with van der Waals surface area (Å²) < 4.78 is 25.0. The number of nitrogens with one attached hydrogen (secondary N) is 2. The number of ether oxygens (including phenoxy) is 3. The number of primary amides is 2. The molecule has 0 aliphatic carbocycles. The first kappa shape index (κ1) is 34.1. The molecule has 15 heteroatoms. The lowest BCUT2D eigenvalue weighted by Gasteiger charge is -2.26. The second kappa shape index (κ2) is 15.5. The Hall–Kier alpha value is -5.28. The number of carbonyl (C=O) groups is 2. The molecule has 256 valence electrons. The van der Waals surface area contributed by atoms with Gasteiger partial charge in [-0.15, -0.1) is 0 Å². The first-order chi connectivity index (χ1) is 23.2. The summed E-state index contributed by atoms with van der Waals surface area (Å²) in [5.74, 6) is 1.21. The highest BCUT2D eigenvalue weighted by Crippen LogP contribution is 2.34. The third kappa shape index (κ3) is 7.98. The maximum atomic E-state index is 12.3. The Morgan fingerprint density at radius 2 is 1.77 bits per heavy atom. The number of aromatic nitrogens is 3. The predicted molar refractivity (Wildman–Crippen MR) is 183 cm³/mol. The van der Waals surface area contributed by atoms with Gasteiger partial charge in [0.25, 0.3) is 0 Å². The number of benzene rings is 2. The van der Waals surface area contributed by atoms with Crippen LogP contribution in [0, 0.1) is 6.92 Å². The van der Waals surface area contributed by atoms with Gasteiger partial charge in [0.1, 0.15) is 28.4 Å². The number of nitrogens with zero attached hydrogens (tertiary/aromatic N) is 4. The molecule has 5 rings (SSSR count). The maximum Gasteiger partial charge on any atom is 0.248 e. The van der Waals surface area contributed by atoms with E-state index in [-0.39, 0.29) is 5.56 Å². The number of methoxy groups -OCH3 is 1. The van der Waals surface area contributed by atoms with Gasteiger partial charge in [0.15, 0.2) is 5.89 Å². The molecular formula is C33H43N9O6. The van der Waals surface area contributed by atoms with Crippen LogP contribution in [-0.2, 0) is 17.7 Å². The van der Waals surface area contributed by atoms with Crippen LogP contribution in [0.25, 0.3) is 11.0 Å². The Bertz CT molecular complexity index is 1790. The second-order valence-electron chi connectivity index (χ2n) is 11.3. The molecule has 2 amide bonds. The number of fused-ring (bicyclic) bond motifs is 1. The zero-order chi connectivity index (χ0) is 34.2. The van der Waals surface area contributed by atoms with Gasteiger partial charge in [-0.1, -0.05) is 19.1 Å². The Balaban J connectivity index is 1.42. The average molecular weight is 662 g/mol. The summed E-state index contributed by atoms with van der Waals surface area (Å²) in [6.07, 6.45) is 5.32. The molecule has 1 fully saturated rings. The molecule has 0 spiro atoms. The molecule has 0 saturated carbocycles. The smallest absolute Gasteiger partial charge is 0.248 e. The Morgan fingerprint density at radius 1 is 1.04 bits per heavy atom. The van der Waals surface area contributed by atoms with E-state index in [9.17, 15) is 9.59 Å². The topological polar surface area (TPSA) is 211 Å². The number of anilines is 4. The average Bonchev–Trinajstić information content (AvgIpc) is 3.61. The molecule has 1 aliphatic rings. The van der Waals surface area contributed by atoms with E-state index in [1.54, 1.807) is 25.1 Å². The first-order valence-electron chi connectivity index (χ1n) is 15.8. The Morgan fingerprint density at radius 3 is 2.48 bits per heavy atom. The molecule has 2 aromatic heterocycles. The van der Waals surface area contributed by atoms with Gasteiger partial charge in [-0.25, -0.2) is 9.97 Å². The third-order valence-corrected chi connectivity index (χ3v) is 7.92. The van der Waals surface area contributed by atoms with Gasteiger partial charge in [0, 0.05) is 50.8 Å². The lowest BCUT2D eigenvalue weighted by Crippen LogP contribution is -2.37. The summed E-state index contributed by atoms with van der Waals surface area (Å²) in [5.41, 5.74) is 20.7. The summed E-state index contributed by atoms with van der Waals surface area (Å²) in [6.45, 7) is 9.09. The van der Waals surface area contributed by atoms with E-state index in [1.807, 2.05) is 23.6 Å². The molecule has 48 heavy (non-hydrogen) atoms. The van der Waals surface area contributed by atoms with Crippen molar-refractivity contribution < 1.29 is 28.2 Å². The highest BCUT2D eigenvalue weighted by atomic mass is 16.5. The van der Waals surface area contributed by atoms with Crippen LogP contribution in [-0.4, -0.2) is 84.4 Å². The molecule has 1 aliphatic heterocycles. The van der Waals surface area contributed by atoms with E-state index in [1.165, 1.54) is 13.2 Å². The molecule has 0 unspecified atom stereocenters. The fourth-order valence-electron chi connectivity index (χ4n) is 5.51. The number of amides is 2. The molecular weight excluding hydrogens is 618 g/mol.